The number of hydrogen-bond acceptors (Lipinski definition) is 4. The zero-order valence-electron chi connectivity index (χ0n) is 10.8. The molecule has 8 heteroatoms. The molecule has 0 saturated heterocycles. The van der Waals surface area contributed by atoms with Crippen molar-refractivity contribution in [2.75, 3.05) is 5.32 Å². The fourth-order valence-corrected chi connectivity index (χ4v) is 2.32. The lowest BCUT2D eigenvalue weighted by Crippen LogP contribution is -2.01. The molecule has 112 valence electrons. The Bertz CT molecular complexity index is 824. The van der Waals surface area contributed by atoms with E-state index in [4.69, 9.17) is 4.42 Å². The normalized spacial score (nSPS) is 10.7. The summed E-state index contributed by atoms with van der Waals surface area (Å²) in [5.41, 5.74) is -0.135. The molecular weight excluding hydrogens is 410 g/mol. The molecule has 0 fully saturated rings. The van der Waals surface area contributed by atoms with E-state index in [1.165, 1.54) is 18.2 Å². The average Bonchev–Trinajstić information content (AvgIpc) is 3.00. The average molecular weight is 417 g/mol. The molecule has 0 aliphatic heterocycles. The quantitative estimate of drug-likeness (QED) is 0.638. The van der Waals surface area contributed by atoms with Crippen LogP contribution < -0.4 is 5.32 Å². The van der Waals surface area contributed by atoms with Gasteiger partial charge in [-0.15, -0.1) is 10.2 Å². The summed E-state index contributed by atoms with van der Waals surface area (Å²) in [6.07, 6.45) is 1.06. The van der Waals surface area contributed by atoms with Gasteiger partial charge in [0.15, 0.2) is 11.6 Å². The molecular formula is C14H7F3IN3O. The van der Waals surface area contributed by atoms with Crippen molar-refractivity contribution in [2.45, 2.75) is 0 Å². The maximum absolute atomic E-state index is 14.1. The first-order valence-electron chi connectivity index (χ1n) is 6.03. The molecule has 1 heterocycles. The number of hydrogen-bond donors (Lipinski definition) is 1. The van der Waals surface area contributed by atoms with Gasteiger partial charge < -0.3 is 9.73 Å². The van der Waals surface area contributed by atoms with E-state index in [1.807, 2.05) is 22.6 Å². The van der Waals surface area contributed by atoms with Gasteiger partial charge in [-0.25, -0.2) is 13.2 Å². The Morgan fingerprint density at radius 3 is 2.55 bits per heavy atom. The summed E-state index contributed by atoms with van der Waals surface area (Å²) in [4.78, 5) is 0. The third kappa shape index (κ3) is 2.78. The van der Waals surface area contributed by atoms with Crippen molar-refractivity contribution in [1.82, 2.24) is 10.2 Å². The van der Waals surface area contributed by atoms with Crippen LogP contribution in [0.4, 0.5) is 24.5 Å². The van der Waals surface area contributed by atoms with E-state index in [0.717, 1.165) is 12.5 Å². The van der Waals surface area contributed by atoms with E-state index in [1.54, 1.807) is 6.07 Å². The van der Waals surface area contributed by atoms with Crippen LogP contribution in [0.1, 0.15) is 0 Å². The summed E-state index contributed by atoms with van der Waals surface area (Å²) in [7, 11) is 0. The third-order valence-corrected chi connectivity index (χ3v) is 3.55. The molecule has 0 radical (unpaired) electrons. The number of nitrogens with one attached hydrogen (secondary N) is 1. The van der Waals surface area contributed by atoms with Crippen LogP contribution in [-0.4, -0.2) is 10.2 Å². The Balaban J connectivity index is 2.11. The molecule has 0 aliphatic carbocycles. The summed E-state index contributed by atoms with van der Waals surface area (Å²) < 4.78 is 47.2. The maximum atomic E-state index is 14.1. The van der Waals surface area contributed by atoms with E-state index in [2.05, 4.69) is 15.5 Å². The molecule has 3 rings (SSSR count). The van der Waals surface area contributed by atoms with Crippen LogP contribution in [0.15, 0.2) is 41.1 Å². The number of benzene rings is 2. The Hall–Kier alpha value is -2.10. The predicted molar refractivity (Wildman–Crippen MR) is 82.0 cm³/mol. The minimum absolute atomic E-state index is 0.00526. The molecule has 1 N–H and O–H groups in total. The Morgan fingerprint density at radius 2 is 1.86 bits per heavy atom. The van der Waals surface area contributed by atoms with Gasteiger partial charge in [0, 0.05) is 3.57 Å². The SMILES string of the molecule is Fc1cc(I)ccc1Nc1c(-c2nnco2)ccc(F)c1F. The van der Waals surface area contributed by atoms with Crippen LogP contribution in [0, 0.1) is 21.0 Å². The van der Waals surface area contributed by atoms with Crippen molar-refractivity contribution < 1.29 is 17.6 Å². The van der Waals surface area contributed by atoms with Crippen LogP contribution in [0.2, 0.25) is 0 Å². The standard InChI is InChI=1S/C14H7F3IN3O/c15-9-3-2-8(14-21-19-6-22-14)13(12(9)17)20-11-4-1-7(18)5-10(11)16/h1-6,20H. The predicted octanol–water partition coefficient (Wildman–Crippen LogP) is 4.50. The van der Waals surface area contributed by atoms with Gasteiger partial charge in [0.05, 0.1) is 16.9 Å². The molecule has 0 aliphatic rings. The molecule has 0 atom stereocenters. The molecule has 0 unspecified atom stereocenters. The largest absolute Gasteiger partial charge is 0.423 e. The summed E-state index contributed by atoms with van der Waals surface area (Å²) in [6.45, 7) is 0. The number of halogens is 4. The zero-order chi connectivity index (χ0) is 15.7. The molecule has 4 nitrogen and oxygen atoms in total. The lowest BCUT2D eigenvalue weighted by molar-refractivity contribution is 0.510. The highest BCUT2D eigenvalue weighted by Crippen LogP contribution is 2.33. The van der Waals surface area contributed by atoms with Gasteiger partial charge in [-0.05, 0) is 52.9 Å². The first-order chi connectivity index (χ1) is 10.6. The van der Waals surface area contributed by atoms with Crippen molar-refractivity contribution in [3.8, 4) is 11.5 Å². The second-order valence-corrected chi connectivity index (χ2v) is 5.52. The monoisotopic (exact) mass is 417 g/mol. The lowest BCUT2D eigenvalue weighted by atomic mass is 10.1. The van der Waals surface area contributed by atoms with Crippen LogP contribution in [-0.2, 0) is 0 Å². The summed E-state index contributed by atoms with van der Waals surface area (Å²) in [5, 5.41) is 9.69. The Labute approximate surface area is 136 Å². The van der Waals surface area contributed by atoms with E-state index in [-0.39, 0.29) is 22.8 Å². The molecule has 0 amide bonds. The fraction of sp³-hybridized carbons (Fsp3) is 0. The lowest BCUT2D eigenvalue weighted by Gasteiger charge is -2.12. The highest BCUT2D eigenvalue weighted by atomic mass is 127. The van der Waals surface area contributed by atoms with Crippen LogP contribution in [0.25, 0.3) is 11.5 Å². The van der Waals surface area contributed by atoms with Gasteiger partial charge in [0.25, 0.3) is 0 Å². The second-order valence-electron chi connectivity index (χ2n) is 4.28. The number of nitrogens with zero attached hydrogens (tertiary/aromatic N) is 2. The fourth-order valence-electron chi connectivity index (χ4n) is 1.87. The van der Waals surface area contributed by atoms with E-state index in [9.17, 15) is 13.2 Å². The Morgan fingerprint density at radius 1 is 1.05 bits per heavy atom. The minimum Gasteiger partial charge on any atom is -0.423 e. The highest BCUT2D eigenvalue weighted by molar-refractivity contribution is 14.1. The van der Waals surface area contributed by atoms with Crippen LogP contribution >= 0.6 is 22.6 Å². The molecule has 2 aromatic carbocycles. The first kappa shape index (κ1) is 14.8. The van der Waals surface area contributed by atoms with Crippen molar-refractivity contribution >= 4 is 34.0 Å². The van der Waals surface area contributed by atoms with Crippen molar-refractivity contribution in [2.24, 2.45) is 0 Å². The van der Waals surface area contributed by atoms with Gasteiger partial charge in [0.1, 0.15) is 5.82 Å². The summed E-state index contributed by atoms with van der Waals surface area (Å²) in [6, 6.07) is 6.55. The summed E-state index contributed by atoms with van der Waals surface area (Å²) in [5.74, 6) is -2.83. The topological polar surface area (TPSA) is 51.0 Å². The molecule has 1 aromatic heterocycles. The summed E-state index contributed by atoms with van der Waals surface area (Å²) >= 11 is 1.95. The Kier molecular flexibility index (Phi) is 4.01. The van der Waals surface area contributed by atoms with Crippen LogP contribution in [0.3, 0.4) is 0 Å². The molecule has 3 aromatic rings. The van der Waals surface area contributed by atoms with E-state index in [0.29, 0.717) is 3.57 Å². The van der Waals surface area contributed by atoms with Crippen molar-refractivity contribution in [1.29, 1.82) is 0 Å². The molecule has 0 spiro atoms. The molecule has 22 heavy (non-hydrogen) atoms. The maximum Gasteiger partial charge on any atom is 0.249 e. The molecule has 0 saturated carbocycles. The zero-order valence-corrected chi connectivity index (χ0v) is 12.9. The highest BCUT2D eigenvalue weighted by Gasteiger charge is 2.19. The minimum atomic E-state index is -1.16. The number of aromatic nitrogens is 2. The van der Waals surface area contributed by atoms with Gasteiger partial charge in [0.2, 0.25) is 12.3 Å². The van der Waals surface area contributed by atoms with Gasteiger partial charge in [-0.2, -0.15) is 0 Å². The van der Waals surface area contributed by atoms with Gasteiger partial charge in [-0.1, -0.05) is 0 Å². The van der Waals surface area contributed by atoms with Gasteiger partial charge in [-0.3, -0.25) is 0 Å². The third-order valence-electron chi connectivity index (χ3n) is 2.88. The smallest absolute Gasteiger partial charge is 0.249 e. The van der Waals surface area contributed by atoms with Crippen molar-refractivity contribution in [3.05, 3.63) is 57.7 Å². The van der Waals surface area contributed by atoms with Gasteiger partial charge >= 0.3 is 0 Å². The number of rotatable bonds is 3. The van der Waals surface area contributed by atoms with E-state index >= 15 is 0 Å². The van der Waals surface area contributed by atoms with Crippen molar-refractivity contribution in [3.63, 3.8) is 0 Å². The van der Waals surface area contributed by atoms with Crippen LogP contribution in [0.5, 0.6) is 0 Å². The second kappa shape index (κ2) is 5.95. The number of anilines is 2. The molecule has 0 bridgehead atoms. The van der Waals surface area contributed by atoms with E-state index < -0.39 is 17.5 Å². The first-order valence-corrected chi connectivity index (χ1v) is 7.11.